The zero-order valence-corrected chi connectivity index (χ0v) is 17.5. The van der Waals surface area contributed by atoms with Gasteiger partial charge in [-0.25, -0.2) is 0 Å². The lowest BCUT2D eigenvalue weighted by Gasteiger charge is -2.32. The number of benzene rings is 1. The summed E-state index contributed by atoms with van der Waals surface area (Å²) in [5.74, 6) is 0.845. The van der Waals surface area contributed by atoms with Crippen molar-refractivity contribution in [3.8, 4) is 0 Å². The molecule has 29 heavy (non-hydrogen) atoms. The number of piperazine rings is 1. The van der Waals surface area contributed by atoms with E-state index in [4.69, 9.17) is 0 Å². The fourth-order valence-corrected chi connectivity index (χ4v) is 3.99. The molecule has 6 nitrogen and oxygen atoms in total. The van der Waals surface area contributed by atoms with Crippen molar-refractivity contribution in [2.24, 2.45) is 5.92 Å². The number of rotatable bonds is 4. The van der Waals surface area contributed by atoms with Gasteiger partial charge in [-0.2, -0.15) is 0 Å². The molecule has 1 N–H and O–H groups in total. The van der Waals surface area contributed by atoms with E-state index in [-0.39, 0.29) is 5.91 Å². The molecule has 0 atom stereocenters. The van der Waals surface area contributed by atoms with Gasteiger partial charge in [0.15, 0.2) is 0 Å². The van der Waals surface area contributed by atoms with E-state index in [1.54, 1.807) is 6.20 Å². The number of nitrogens with one attached hydrogen (secondary N) is 1. The van der Waals surface area contributed by atoms with E-state index >= 15 is 0 Å². The number of pyridine rings is 1. The summed E-state index contributed by atoms with van der Waals surface area (Å²) in [6, 6.07) is 12.3. The first-order valence-electron chi connectivity index (χ1n) is 10.6. The van der Waals surface area contributed by atoms with Crippen LogP contribution >= 0.6 is 0 Å². The first-order chi connectivity index (χ1) is 14.1. The Morgan fingerprint density at radius 2 is 1.66 bits per heavy atom. The Morgan fingerprint density at radius 3 is 2.34 bits per heavy atom. The fraction of sp³-hybridized carbons (Fsp3) is 0.478. The largest absolute Gasteiger partial charge is 0.372 e. The molecule has 0 spiro atoms. The maximum atomic E-state index is 12.8. The van der Waals surface area contributed by atoms with Gasteiger partial charge in [0.05, 0.1) is 0 Å². The van der Waals surface area contributed by atoms with Crippen molar-refractivity contribution in [2.45, 2.75) is 19.8 Å². The minimum atomic E-state index is 0.0106. The molecule has 1 aromatic heterocycles. The SMILES string of the molecule is CC1CCN(c2ccc(Nc3ccnc(C(=O)N4CCN(C)CC4)c3)cc2)CC1. The Bertz CT molecular complexity index is 821. The highest BCUT2D eigenvalue weighted by Gasteiger charge is 2.21. The monoisotopic (exact) mass is 393 g/mol. The average molecular weight is 394 g/mol. The summed E-state index contributed by atoms with van der Waals surface area (Å²) in [6.07, 6.45) is 4.23. The van der Waals surface area contributed by atoms with Crippen molar-refractivity contribution in [3.05, 3.63) is 48.3 Å². The third-order valence-electron chi connectivity index (χ3n) is 6.07. The molecular formula is C23H31N5O. The lowest BCUT2D eigenvalue weighted by atomic mass is 9.99. The lowest BCUT2D eigenvalue weighted by Crippen LogP contribution is -2.47. The van der Waals surface area contributed by atoms with Gasteiger partial charge in [-0.3, -0.25) is 9.78 Å². The van der Waals surface area contributed by atoms with Crippen LogP contribution in [0, 0.1) is 5.92 Å². The second-order valence-electron chi connectivity index (χ2n) is 8.37. The highest BCUT2D eigenvalue weighted by atomic mass is 16.2. The van der Waals surface area contributed by atoms with Crippen molar-refractivity contribution in [3.63, 3.8) is 0 Å². The number of nitrogens with zero attached hydrogens (tertiary/aromatic N) is 4. The molecule has 0 aliphatic carbocycles. The molecule has 2 aromatic rings. The predicted molar refractivity (Wildman–Crippen MR) is 118 cm³/mol. The molecule has 2 aliphatic heterocycles. The van der Waals surface area contributed by atoms with Gasteiger partial charge in [-0.1, -0.05) is 6.92 Å². The summed E-state index contributed by atoms with van der Waals surface area (Å²) in [6.45, 7) is 7.93. The molecule has 0 radical (unpaired) electrons. The van der Waals surface area contributed by atoms with Crippen LogP contribution in [0.1, 0.15) is 30.3 Å². The normalized spacial score (nSPS) is 18.7. The first kappa shape index (κ1) is 19.7. The first-order valence-corrected chi connectivity index (χ1v) is 10.6. The molecular weight excluding hydrogens is 362 g/mol. The van der Waals surface area contributed by atoms with Crippen LogP contribution in [0.2, 0.25) is 0 Å². The number of carbonyl (C=O) groups is 1. The molecule has 2 aliphatic rings. The number of anilines is 3. The van der Waals surface area contributed by atoms with Crippen LogP contribution in [0.3, 0.4) is 0 Å². The minimum Gasteiger partial charge on any atom is -0.372 e. The van der Waals surface area contributed by atoms with Crippen molar-refractivity contribution in [1.82, 2.24) is 14.8 Å². The van der Waals surface area contributed by atoms with Crippen LogP contribution in [0.4, 0.5) is 17.1 Å². The smallest absolute Gasteiger partial charge is 0.272 e. The van der Waals surface area contributed by atoms with E-state index in [0.717, 1.165) is 56.6 Å². The van der Waals surface area contributed by atoms with E-state index in [2.05, 4.69) is 58.3 Å². The third kappa shape index (κ3) is 4.88. The molecule has 2 fully saturated rings. The zero-order valence-electron chi connectivity index (χ0n) is 17.5. The van der Waals surface area contributed by atoms with Gasteiger partial charge >= 0.3 is 0 Å². The van der Waals surface area contributed by atoms with Crippen LogP contribution < -0.4 is 10.2 Å². The summed E-state index contributed by atoms with van der Waals surface area (Å²) in [5.41, 5.74) is 3.68. The van der Waals surface area contributed by atoms with Gasteiger partial charge in [-0.05, 0) is 62.2 Å². The average Bonchev–Trinajstić information content (AvgIpc) is 2.75. The van der Waals surface area contributed by atoms with Crippen LogP contribution in [-0.2, 0) is 0 Å². The third-order valence-corrected chi connectivity index (χ3v) is 6.07. The fourth-order valence-electron chi connectivity index (χ4n) is 3.99. The number of amides is 1. The summed E-state index contributed by atoms with van der Waals surface area (Å²) >= 11 is 0. The summed E-state index contributed by atoms with van der Waals surface area (Å²) < 4.78 is 0. The van der Waals surface area contributed by atoms with E-state index in [0.29, 0.717) is 5.69 Å². The maximum absolute atomic E-state index is 12.8. The Morgan fingerprint density at radius 1 is 0.966 bits per heavy atom. The zero-order chi connectivity index (χ0) is 20.2. The van der Waals surface area contributed by atoms with Crippen molar-refractivity contribution in [2.75, 3.05) is 56.5 Å². The molecule has 3 heterocycles. The van der Waals surface area contributed by atoms with Gasteiger partial charge in [0.2, 0.25) is 0 Å². The van der Waals surface area contributed by atoms with E-state index in [9.17, 15) is 4.79 Å². The van der Waals surface area contributed by atoms with Crippen LogP contribution in [0.5, 0.6) is 0 Å². The van der Waals surface area contributed by atoms with Crippen LogP contribution in [0.15, 0.2) is 42.6 Å². The summed E-state index contributed by atoms with van der Waals surface area (Å²) in [5, 5.41) is 3.41. The highest BCUT2D eigenvalue weighted by molar-refractivity contribution is 5.93. The Hall–Kier alpha value is -2.60. The highest BCUT2D eigenvalue weighted by Crippen LogP contribution is 2.25. The Kier molecular flexibility index (Phi) is 6.00. The Labute approximate surface area is 173 Å². The van der Waals surface area contributed by atoms with E-state index in [1.807, 2.05) is 17.0 Å². The Balaban J connectivity index is 1.39. The number of carbonyl (C=O) groups excluding carboxylic acids is 1. The van der Waals surface area contributed by atoms with Gasteiger partial charge in [0, 0.05) is 62.5 Å². The number of hydrogen-bond donors (Lipinski definition) is 1. The van der Waals surface area contributed by atoms with Gasteiger partial charge in [-0.15, -0.1) is 0 Å². The maximum Gasteiger partial charge on any atom is 0.272 e. The predicted octanol–water partition coefficient (Wildman–Crippen LogP) is 3.45. The molecule has 1 aromatic carbocycles. The standard InChI is InChI=1S/C23H31N5O/c1-18-8-11-27(12-9-18)21-5-3-19(4-6-21)25-20-7-10-24-22(17-20)23(29)28-15-13-26(2)14-16-28/h3-7,10,17-18H,8-9,11-16H2,1-2H3,(H,24,25). The topological polar surface area (TPSA) is 51.7 Å². The quantitative estimate of drug-likeness (QED) is 0.862. The van der Waals surface area contributed by atoms with Crippen molar-refractivity contribution >= 4 is 23.0 Å². The van der Waals surface area contributed by atoms with Gasteiger partial charge in [0.25, 0.3) is 5.91 Å². The molecule has 0 saturated carbocycles. The summed E-state index contributed by atoms with van der Waals surface area (Å²) in [4.78, 5) is 23.7. The molecule has 1 amide bonds. The summed E-state index contributed by atoms with van der Waals surface area (Å²) in [7, 11) is 2.09. The van der Waals surface area contributed by atoms with Crippen LogP contribution in [-0.4, -0.2) is 67.0 Å². The number of piperidine rings is 1. The molecule has 0 bridgehead atoms. The van der Waals surface area contributed by atoms with Crippen molar-refractivity contribution < 1.29 is 4.79 Å². The number of aromatic nitrogens is 1. The molecule has 2 saturated heterocycles. The van der Waals surface area contributed by atoms with Crippen molar-refractivity contribution in [1.29, 1.82) is 0 Å². The second kappa shape index (κ2) is 8.82. The van der Waals surface area contributed by atoms with Gasteiger partial charge < -0.3 is 20.0 Å². The van der Waals surface area contributed by atoms with E-state index < -0.39 is 0 Å². The molecule has 154 valence electrons. The van der Waals surface area contributed by atoms with E-state index in [1.165, 1.54) is 18.5 Å². The van der Waals surface area contributed by atoms with Gasteiger partial charge in [0.1, 0.15) is 5.69 Å². The molecule has 0 unspecified atom stereocenters. The number of hydrogen-bond acceptors (Lipinski definition) is 5. The molecule has 6 heteroatoms. The van der Waals surface area contributed by atoms with Crippen LogP contribution in [0.25, 0.3) is 0 Å². The molecule has 4 rings (SSSR count). The minimum absolute atomic E-state index is 0.0106. The number of likely N-dealkylation sites (N-methyl/N-ethyl adjacent to an activating group) is 1. The second-order valence-corrected chi connectivity index (χ2v) is 8.37. The lowest BCUT2D eigenvalue weighted by molar-refractivity contribution is 0.0658.